The Kier molecular flexibility index (Phi) is 5.31. The maximum atomic E-state index is 13.7. The molecular weight excluding hydrogens is 342 g/mol. The van der Waals surface area contributed by atoms with Gasteiger partial charge in [-0.1, -0.05) is 19.1 Å². The van der Waals surface area contributed by atoms with Gasteiger partial charge in [-0.3, -0.25) is 0 Å². The fraction of sp³-hybridized carbons (Fsp3) is 0.250. The monoisotopic (exact) mass is 356 g/mol. The maximum Gasteiger partial charge on any atom is 0.133 e. The molecule has 2 aromatic carbocycles. The summed E-state index contributed by atoms with van der Waals surface area (Å²) >= 11 is 3.36. The summed E-state index contributed by atoms with van der Waals surface area (Å²) < 4.78 is 32.8. The largest absolute Gasteiger partial charge is 0.492 e. The molecule has 5 heteroatoms. The lowest BCUT2D eigenvalue weighted by molar-refractivity contribution is 0.214. The number of aliphatic hydroxyl groups is 1. The van der Waals surface area contributed by atoms with Crippen LogP contribution in [0.5, 0.6) is 5.75 Å². The van der Waals surface area contributed by atoms with Crippen LogP contribution in [0.3, 0.4) is 0 Å². The summed E-state index contributed by atoms with van der Waals surface area (Å²) in [5, 5.41) is 10.2. The topological polar surface area (TPSA) is 29.5 Å². The molecular formula is C16H15BrF2O2. The molecule has 2 rings (SSSR count). The van der Waals surface area contributed by atoms with E-state index in [0.29, 0.717) is 22.4 Å². The van der Waals surface area contributed by atoms with Gasteiger partial charge in [-0.05, 0) is 46.1 Å². The van der Waals surface area contributed by atoms with E-state index >= 15 is 0 Å². The van der Waals surface area contributed by atoms with Crippen LogP contribution in [0.1, 0.15) is 30.6 Å². The van der Waals surface area contributed by atoms with Crippen molar-refractivity contribution in [1.82, 2.24) is 0 Å². The van der Waals surface area contributed by atoms with Crippen molar-refractivity contribution in [2.24, 2.45) is 0 Å². The first-order chi connectivity index (χ1) is 10.0. The minimum atomic E-state index is -1.16. The van der Waals surface area contributed by atoms with E-state index < -0.39 is 17.7 Å². The standard InChI is InChI=1S/C16H15BrF2O2/c1-2-7-21-15-6-3-10(8-13(15)17)16(20)12-5-4-11(18)9-14(12)19/h3-6,8-9,16,20H,2,7H2,1H3. The summed E-state index contributed by atoms with van der Waals surface area (Å²) in [6.45, 7) is 2.59. The van der Waals surface area contributed by atoms with E-state index in [-0.39, 0.29) is 5.56 Å². The molecule has 2 aromatic rings. The number of rotatable bonds is 5. The molecule has 2 nitrogen and oxygen atoms in total. The molecule has 0 aliphatic carbocycles. The third-order valence-electron chi connectivity index (χ3n) is 2.99. The molecule has 0 aliphatic rings. The van der Waals surface area contributed by atoms with Gasteiger partial charge in [-0.15, -0.1) is 0 Å². The molecule has 0 aromatic heterocycles. The molecule has 0 saturated carbocycles. The zero-order valence-electron chi connectivity index (χ0n) is 11.4. The van der Waals surface area contributed by atoms with E-state index in [0.717, 1.165) is 18.6 Å². The van der Waals surface area contributed by atoms with Gasteiger partial charge in [0.15, 0.2) is 0 Å². The van der Waals surface area contributed by atoms with Crippen molar-refractivity contribution < 1.29 is 18.6 Å². The second-order valence-electron chi connectivity index (χ2n) is 4.61. The van der Waals surface area contributed by atoms with Crippen LogP contribution in [-0.4, -0.2) is 11.7 Å². The molecule has 0 spiro atoms. The van der Waals surface area contributed by atoms with Gasteiger partial charge in [0.05, 0.1) is 11.1 Å². The van der Waals surface area contributed by atoms with Crippen LogP contribution in [0, 0.1) is 11.6 Å². The predicted molar refractivity (Wildman–Crippen MR) is 80.3 cm³/mol. The highest BCUT2D eigenvalue weighted by atomic mass is 79.9. The summed E-state index contributed by atoms with van der Waals surface area (Å²) in [7, 11) is 0. The van der Waals surface area contributed by atoms with Gasteiger partial charge in [0, 0.05) is 11.6 Å². The molecule has 1 unspecified atom stereocenters. The summed E-state index contributed by atoms with van der Waals surface area (Å²) in [6, 6.07) is 8.15. The van der Waals surface area contributed by atoms with E-state index in [9.17, 15) is 13.9 Å². The Hall–Kier alpha value is -1.46. The van der Waals surface area contributed by atoms with Crippen LogP contribution in [0.2, 0.25) is 0 Å². The highest BCUT2D eigenvalue weighted by Gasteiger charge is 2.17. The number of benzene rings is 2. The fourth-order valence-electron chi connectivity index (χ4n) is 1.92. The molecule has 0 heterocycles. The second kappa shape index (κ2) is 7.00. The van der Waals surface area contributed by atoms with Crippen molar-refractivity contribution in [3.05, 3.63) is 63.6 Å². The van der Waals surface area contributed by atoms with E-state index in [4.69, 9.17) is 4.74 Å². The number of halogens is 3. The highest BCUT2D eigenvalue weighted by molar-refractivity contribution is 9.10. The third kappa shape index (κ3) is 3.80. The van der Waals surface area contributed by atoms with Gasteiger partial charge in [0.1, 0.15) is 23.5 Å². The smallest absolute Gasteiger partial charge is 0.133 e. The average Bonchev–Trinajstić information content (AvgIpc) is 2.45. The fourth-order valence-corrected chi connectivity index (χ4v) is 2.43. The minimum absolute atomic E-state index is 0.0329. The molecule has 0 saturated heterocycles. The molecule has 0 fully saturated rings. The summed E-state index contributed by atoms with van der Waals surface area (Å²) in [5.74, 6) is -0.787. The van der Waals surface area contributed by atoms with Crippen LogP contribution < -0.4 is 4.74 Å². The Morgan fingerprint density at radius 2 is 1.95 bits per heavy atom. The van der Waals surface area contributed by atoms with Crippen molar-refractivity contribution in [3.63, 3.8) is 0 Å². The molecule has 0 radical (unpaired) electrons. The van der Waals surface area contributed by atoms with Gasteiger partial charge >= 0.3 is 0 Å². The predicted octanol–water partition coefficient (Wildman–Crippen LogP) is 4.60. The first kappa shape index (κ1) is 15.9. The Balaban J connectivity index is 2.27. The zero-order valence-corrected chi connectivity index (χ0v) is 13.0. The average molecular weight is 357 g/mol. The van der Waals surface area contributed by atoms with Gasteiger partial charge in [-0.25, -0.2) is 8.78 Å². The van der Waals surface area contributed by atoms with Crippen LogP contribution in [0.15, 0.2) is 40.9 Å². The van der Waals surface area contributed by atoms with Gasteiger partial charge < -0.3 is 9.84 Å². The molecule has 1 atom stereocenters. The van der Waals surface area contributed by atoms with Crippen LogP contribution in [0.25, 0.3) is 0 Å². The summed E-state index contributed by atoms with van der Waals surface area (Å²) in [4.78, 5) is 0. The van der Waals surface area contributed by atoms with Gasteiger partial charge in [0.25, 0.3) is 0 Å². The normalized spacial score (nSPS) is 12.2. The lowest BCUT2D eigenvalue weighted by Crippen LogP contribution is -2.04. The first-order valence-electron chi connectivity index (χ1n) is 6.58. The van der Waals surface area contributed by atoms with E-state index in [1.807, 2.05) is 6.92 Å². The number of hydrogen-bond acceptors (Lipinski definition) is 2. The van der Waals surface area contributed by atoms with Crippen molar-refractivity contribution >= 4 is 15.9 Å². The van der Waals surface area contributed by atoms with Crippen LogP contribution in [-0.2, 0) is 0 Å². The number of aliphatic hydroxyl groups excluding tert-OH is 1. The van der Waals surface area contributed by atoms with Crippen molar-refractivity contribution in [1.29, 1.82) is 0 Å². The zero-order chi connectivity index (χ0) is 15.4. The molecule has 112 valence electrons. The Bertz CT molecular complexity index is 632. The Morgan fingerprint density at radius 3 is 2.57 bits per heavy atom. The van der Waals surface area contributed by atoms with Crippen LogP contribution >= 0.6 is 15.9 Å². The number of ether oxygens (including phenoxy) is 1. The van der Waals surface area contributed by atoms with Crippen LogP contribution in [0.4, 0.5) is 8.78 Å². The Morgan fingerprint density at radius 1 is 1.19 bits per heavy atom. The van der Waals surface area contributed by atoms with Gasteiger partial charge in [0.2, 0.25) is 0 Å². The van der Waals surface area contributed by atoms with Gasteiger partial charge in [-0.2, -0.15) is 0 Å². The lowest BCUT2D eigenvalue weighted by atomic mass is 10.0. The Labute approximate surface area is 130 Å². The van der Waals surface area contributed by atoms with Crippen molar-refractivity contribution in [2.45, 2.75) is 19.4 Å². The molecule has 0 amide bonds. The summed E-state index contributed by atoms with van der Waals surface area (Å²) in [5.41, 5.74) is 0.529. The van der Waals surface area contributed by atoms with E-state index in [2.05, 4.69) is 15.9 Å². The SMILES string of the molecule is CCCOc1ccc(C(O)c2ccc(F)cc2F)cc1Br. The van der Waals surface area contributed by atoms with Crippen molar-refractivity contribution in [2.75, 3.05) is 6.61 Å². The molecule has 21 heavy (non-hydrogen) atoms. The first-order valence-corrected chi connectivity index (χ1v) is 7.37. The third-order valence-corrected chi connectivity index (χ3v) is 3.61. The van der Waals surface area contributed by atoms with Crippen molar-refractivity contribution in [3.8, 4) is 5.75 Å². The number of hydrogen-bond donors (Lipinski definition) is 1. The summed E-state index contributed by atoms with van der Waals surface area (Å²) in [6.07, 6.45) is -0.278. The highest BCUT2D eigenvalue weighted by Crippen LogP contribution is 2.31. The molecule has 0 aliphatic heterocycles. The molecule has 1 N–H and O–H groups in total. The van der Waals surface area contributed by atoms with E-state index in [1.165, 1.54) is 6.07 Å². The molecule has 0 bridgehead atoms. The quantitative estimate of drug-likeness (QED) is 0.848. The van der Waals surface area contributed by atoms with E-state index in [1.54, 1.807) is 18.2 Å². The lowest BCUT2D eigenvalue weighted by Gasteiger charge is -2.14. The minimum Gasteiger partial charge on any atom is -0.492 e. The second-order valence-corrected chi connectivity index (χ2v) is 5.46. The maximum absolute atomic E-state index is 13.7.